The highest BCUT2D eigenvalue weighted by atomic mass is 16.5. The van der Waals surface area contributed by atoms with E-state index in [1.807, 2.05) is 0 Å². The first-order valence-corrected chi connectivity index (χ1v) is 8.99. The zero-order valence-corrected chi connectivity index (χ0v) is 14.7. The molecule has 0 N–H and O–H groups in total. The Morgan fingerprint density at radius 2 is 1.41 bits per heavy atom. The fraction of sp³-hybridized carbons (Fsp3) is 0.889. The summed E-state index contributed by atoms with van der Waals surface area (Å²) in [6, 6.07) is 0. The van der Waals surface area contributed by atoms with E-state index in [4.69, 9.17) is 9.47 Å². The maximum atomic E-state index is 11.7. The molecule has 0 heterocycles. The van der Waals surface area contributed by atoms with Gasteiger partial charge in [0.2, 0.25) is 0 Å². The van der Waals surface area contributed by atoms with Crippen molar-refractivity contribution in [1.82, 2.24) is 0 Å². The van der Waals surface area contributed by atoms with E-state index in [0.29, 0.717) is 25.9 Å². The highest BCUT2D eigenvalue weighted by molar-refractivity contribution is 5.72. The van der Waals surface area contributed by atoms with Crippen molar-refractivity contribution in [3.05, 3.63) is 0 Å². The van der Waals surface area contributed by atoms with Gasteiger partial charge in [-0.2, -0.15) is 0 Å². The van der Waals surface area contributed by atoms with Crippen LogP contribution in [0.4, 0.5) is 0 Å². The van der Waals surface area contributed by atoms with Crippen LogP contribution in [-0.4, -0.2) is 24.6 Å². The molecule has 0 radical (unpaired) electrons. The number of unbranched alkanes of at least 4 members (excludes halogenated alkanes) is 3. The second-order valence-corrected chi connectivity index (χ2v) is 5.82. The lowest BCUT2D eigenvalue weighted by molar-refractivity contribution is -0.150. The number of hydrogen-bond acceptors (Lipinski definition) is 4. The highest BCUT2D eigenvalue weighted by Crippen LogP contribution is 2.11. The lowest BCUT2D eigenvalue weighted by Crippen LogP contribution is -2.18. The summed E-state index contributed by atoms with van der Waals surface area (Å²) >= 11 is 0. The van der Waals surface area contributed by atoms with Gasteiger partial charge in [0.1, 0.15) is 6.10 Å². The molecule has 0 aliphatic rings. The van der Waals surface area contributed by atoms with Crippen LogP contribution in [0.3, 0.4) is 0 Å². The van der Waals surface area contributed by atoms with Crippen molar-refractivity contribution in [1.29, 1.82) is 0 Å². The summed E-state index contributed by atoms with van der Waals surface area (Å²) in [5.74, 6) is -0.398. The van der Waals surface area contributed by atoms with Gasteiger partial charge in [-0.25, -0.2) is 0 Å². The first-order valence-electron chi connectivity index (χ1n) is 8.99. The molecule has 0 bridgehead atoms. The molecule has 4 heteroatoms. The minimum Gasteiger partial charge on any atom is -0.466 e. The molecule has 0 unspecified atom stereocenters. The Hall–Kier alpha value is -1.06. The fourth-order valence-corrected chi connectivity index (χ4v) is 2.32. The zero-order valence-electron chi connectivity index (χ0n) is 14.7. The summed E-state index contributed by atoms with van der Waals surface area (Å²) in [6.45, 7) is 6.83. The average Bonchev–Trinajstić information content (AvgIpc) is 2.47. The third-order valence-corrected chi connectivity index (χ3v) is 3.54. The van der Waals surface area contributed by atoms with E-state index in [1.54, 1.807) is 0 Å². The quantitative estimate of drug-likeness (QED) is 0.341. The first-order chi connectivity index (χ1) is 10.6. The summed E-state index contributed by atoms with van der Waals surface area (Å²) < 4.78 is 10.6. The smallest absolute Gasteiger partial charge is 0.306 e. The molecule has 0 aliphatic carbocycles. The van der Waals surface area contributed by atoms with Crippen molar-refractivity contribution in [2.45, 2.75) is 97.5 Å². The Kier molecular flexibility index (Phi) is 14.1. The Morgan fingerprint density at radius 1 is 0.773 bits per heavy atom. The highest BCUT2D eigenvalue weighted by Gasteiger charge is 2.13. The van der Waals surface area contributed by atoms with Crippen LogP contribution in [0.15, 0.2) is 0 Å². The van der Waals surface area contributed by atoms with Gasteiger partial charge in [0, 0.05) is 12.8 Å². The Labute approximate surface area is 135 Å². The number of hydrogen-bond donors (Lipinski definition) is 0. The molecule has 4 nitrogen and oxygen atoms in total. The monoisotopic (exact) mass is 314 g/mol. The summed E-state index contributed by atoms with van der Waals surface area (Å²) in [5.41, 5.74) is 0. The molecule has 0 saturated heterocycles. The summed E-state index contributed by atoms with van der Waals surface area (Å²) in [5, 5.41) is 0. The van der Waals surface area contributed by atoms with Crippen molar-refractivity contribution in [2.75, 3.05) is 6.61 Å². The van der Waals surface area contributed by atoms with Gasteiger partial charge in [0.15, 0.2) is 0 Å². The van der Waals surface area contributed by atoms with Crippen LogP contribution < -0.4 is 0 Å². The first kappa shape index (κ1) is 20.9. The van der Waals surface area contributed by atoms with E-state index in [0.717, 1.165) is 38.5 Å². The van der Waals surface area contributed by atoms with Crippen LogP contribution in [0.25, 0.3) is 0 Å². The molecular formula is C18H34O4. The van der Waals surface area contributed by atoms with E-state index in [9.17, 15) is 9.59 Å². The zero-order chi connectivity index (χ0) is 16.6. The van der Waals surface area contributed by atoms with Crippen molar-refractivity contribution >= 4 is 11.9 Å². The Bertz CT molecular complexity index is 283. The van der Waals surface area contributed by atoms with Crippen molar-refractivity contribution in [3.8, 4) is 0 Å². The van der Waals surface area contributed by atoms with Gasteiger partial charge in [0.05, 0.1) is 6.61 Å². The maximum Gasteiger partial charge on any atom is 0.306 e. The molecule has 0 rings (SSSR count). The lowest BCUT2D eigenvalue weighted by atomic mass is 10.1. The van der Waals surface area contributed by atoms with Gasteiger partial charge in [-0.3, -0.25) is 9.59 Å². The van der Waals surface area contributed by atoms with Crippen LogP contribution in [0.2, 0.25) is 0 Å². The predicted octanol–water partition coefficient (Wildman–Crippen LogP) is 4.79. The third-order valence-electron chi connectivity index (χ3n) is 3.54. The van der Waals surface area contributed by atoms with Crippen LogP contribution in [0, 0.1) is 0 Å². The number of rotatable bonds is 14. The van der Waals surface area contributed by atoms with Crippen molar-refractivity contribution < 1.29 is 19.1 Å². The number of carbonyl (C=O) groups excluding carboxylic acids is 2. The molecule has 0 aliphatic heterocycles. The Balaban J connectivity index is 3.66. The van der Waals surface area contributed by atoms with Crippen LogP contribution in [-0.2, 0) is 19.1 Å². The van der Waals surface area contributed by atoms with Gasteiger partial charge in [-0.05, 0) is 25.7 Å². The van der Waals surface area contributed by atoms with E-state index >= 15 is 0 Å². The van der Waals surface area contributed by atoms with E-state index in [1.165, 1.54) is 12.8 Å². The number of carbonyl (C=O) groups is 2. The van der Waals surface area contributed by atoms with Crippen molar-refractivity contribution in [2.24, 2.45) is 0 Å². The predicted molar refractivity (Wildman–Crippen MR) is 88.6 cm³/mol. The third kappa shape index (κ3) is 12.7. The van der Waals surface area contributed by atoms with Gasteiger partial charge in [-0.15, -0.1) is 0 Å². The van der Waals surface area contributed by atoms with Gasteiger partial charge < -0.3 is 9.47 Å². The van der Waals surface area contributed by atoms with E-state index in [2.05, 4.69) is 20.8 Å². The van der Waals surface area contributed by atoms with E-state index in [-0.39, 0.29) is 18.0 Å². The molecule has 22 heavy (non-hydrogen) atoms. The summed E-state index contributed by atoms with van der Waals surface area (Å²) in [7, 11) is 0. The number of ether oxygens (including phenoxy) is 2. The topological polar surface area (TPSA) is 52.6 Å². The minimum atomic E-state index is -0.206. The standard InChI is InChI=1S/C18H34O4/c1-4-7-8-9-15-21-17(19)13-10-14-18(20)22-16(11-5-2)12-6-3/h16H,4-15H2,1-3H3. The average molecular weight is 314 g/mol. The SMILES string of the molecule is CCCCCCOC(=O)CCCC(=O)OC(CCC)CCC. The Morgan fingerprint density at radius 3 is 2.00 bits per heavy atom. The lowest BCUT2D eigenvalue weighted by Gasteiger charge is -2.16. The molecule has 0 aromatic heterocycles. The fourth-order valence-electron chi connectivity index (χ4n) is 2.32. The molecule has 0 fully saturated rings. The summed E-state index contributed by atoms with van der Waals surface area (Å²) in [4.78, 5) is 23.3. The second-order valence-electron chi connectivity index (χ2n) is 5.82. The molecular weight excluding hydrogens is 280 g/mol. The van der Waals surface area contributed by atoms with Gasteiger partial charge in [0.25, 0.3) is 0 Å². The van der Waals surface area contributed by atoms with E-state index < -0.39 is 0 Å². The largest absolute Gasteiger partial charge is 0.466 e. The molecule has 0 atom stereocenters. The molecule has 0 saturated carbocycles. The second kappa shape index (κ2) is 14.9. The molecule has 0 aromatic rings. The maximum absolute atomic E-state index is 11.7. The minimum absolute atomic E-state index is 0.0352. The van der Waals surface area contributed by atoms with Gasteiger partial charge >= 0.3 is 11.9 Å². The molecule has 0 spiro atoms. The van der Waals surface area contributed by atoms with Crippen LogP contribution in [0.5, 0.6) is 0 Å². The molecule has 0 aromatic carbocycles. The summed E-state index contributed by atoms with van der Waals surface area (Å²) in [6.07, 6.45) is 9.40. The van der Waals surface area contributed by atoms with Gasteiger partial charge in [-0.1, -0.05) is 52.9 Å². The van der Waals surface area contributed by atoms with Crippen LogP contribution in [0.1, 0.15) is 91.4 Å². The normalized spacial score (nSPS) is 10.7. The van der Waals surface area contributed by atoms with Crippen molar-refractivity contribution in [3.63, 3.8) is 0 Å². The number of esters is 2. The molecule has 0 amide bonds. The molecule has 130 valence electrons. The van der Waals surface area contributed by atoms with Crippen LogP contribution >= 0.6 is 0 Å².